The Kier molecular flexibility index (Phi) is 6.19. The first-order valence-electron chi connectivity index (χ1n) is 9.17. The van der Waals surface area contributed by atoms with Crippen LogP contribution in [0.15, 0.2) is 29.3 Å². The Bertz CT molecular complexity index is 897. The summed E-state index contributed by atoms with van der Waals surface area (Å²) in [6, 6.07) is 4.71. The van der Waals surface area contributed by atoms with Gasteiger partial charge in [0.15, 0.2) is 15.0 Å². The first-order valence-corrected chi connectivity index (χ1v) is 11.9. The molecular weight excluding hydrogens is 429 g/mol. The van der Waals surface area contributed by atoms with Gasteiger partial charge in [0.25, 0.3) is 5.91 Å². The van der Waals surface area contributed by atoms with E-state index in [4.69, 9.17) is 0 Å². The molecule has 29 heavy (non-hydrogen) atoms. The van der Waals surface area contributed by atoms with E-state index in [2.05, 4.69) is 9.73 Å². The van der Waals surface area contributed by atoms with Crippen LogP contribution in [-0.2, 0) is 14.6 Å². The number of thioether (sulfide) groups is 1. The van der Waals surface area contributed by atoms with Crippen molar-refractivity contribution >= 4 is 38.4 Å². The number of alkyl halides is 3. The Morgan fingerprint density at radius 3 is 2.41 bits per heavy atom. The van der Waals surface area contributed by atoms with Crippen LogP contribution in [0, 0.1) is 5.92 Å². The zero-order valence-corrected chi connectivity index (χ0v) is 17.5. The van der Waals surface area contributed by atoms with Crippen molar-refractivity contribution in [2.24, 2.45) is 10.9 Å². The molecule has 2 aliphatic heterocycles. The Balaban J connectivity index is 1.93. The Morgan fingerprint density at radius 2 is 1.86 bits per heavy atom. The molecule has 1 aromatic carbocycles. The third kappa shape index (κ3) is 5.06. The van der Waals surface area contributed by atoms with Crippen molar-refractivity contribution in [1.82, 2.24) is 0 Å². The van der Waals surface area contributed by atoms with E-state index >= 15 is 0 Å². The highest BCUT2D eigenvalue weighted by Gasteiger charge is 2.49. The first-order chi connectivity index (χ1) is 13.5. The molecule has 2 saturated heterocycles. The number of sulfone groups is 1. The summed E-state index contributed by atoms with van der Waals surface area (Å²) in [5, 5.41) is 0.107. The van der Waals surface area contributed by atoms with E-state index in [0.717, 1.165) is 12.1 Å². The lowest BCUT2D eigenvalue weighted by atomic mass is 10.0. The van der Waals surface area contributed by atoms with E-state index in [1.807, 2.05) is 13.8 Å². The number of benzene rings is 1. The monoisotopic (exact) mass is 450 g/mol. The average Bonchev–Trinajstić information content (AvgIpc) is 3.06. The second-order valence-electron chi connectivity index (χ2n) is 6.96. The number of aliphatic imine (C=N–C) groups is 1. The third-order valence-electron chi connectivity index (χ3n) is 4.96. The number of amides is 1. The molecule has 2 heterocycles. The third-order valence-corrected chi connectivity index (χ3v) is 8.17. The molecule has 2 aliphatic rings. The minimum atomic E-state index is -4.80. The minimum absolute atomic E-state index is 0.0215. The van der Waals surface area contributed by atoms with Crippen molar-refractivity contribution in [3.05, 3.63) is 24.3 Å². The lowest BCUT2D eigenvalue weighted by Crippen LogP contribution is -2.37. The van der Waals surface area contributed by atoms with Crippen molar-refractivity contribution in [3.8, 4) is 5.75 Å². The molecule has 0 spiro atoms. The van der Waals surface area contributed by atoms with Crippen molar-refractivity contribution < 1.29 is 31.1 Å². The number of halogens is 3. The molecule has 1 aromatic rings. The molecule has 1 amide bonds. The summed E-state index contributed by atoms with van der Waals surface area (Å²) in [7, 11) is -3.23. The fourth-order valence-electron chi connectivity index (χ4n) is 3.50. The quantitative estimate of drug-likeness (QED) is 0.682. The van der Waals surface area contributed by atoms with E-state index in [0.29, 0.717) is 23.7 Å². The molecule has 11 heteroatoms. The summed E-state index contributed by atoms with van der Waals surface area (Å²) in [4.78, 5) is 18.4. The maximum atomic E-state index is 12.5. The number of carbonyl (C=O) groups excluding carboxylic acids is 1. The molecule has 0 aliphatic carbocycles. The smallest absolute Gasteiger partial charge is 0.406 e. The maximum absolute atomic E-state index is 12.5. The van der Waals surface area contributed by atoms with E-state index in [1.165, 1.54) is 23.9 Å². The molecule has 0 N–H and O–H groups in total. The number of rotatable bonds is 5. The van der Waals surface area contributed by atoms with Crippen LogP contribution in [0.3, 0.4) is 0 Å². The van der Waals surface area contributed by atoms with Crippen molar-refractivity contribution in [1.29, 1.82) is 0 Å². The van der Waals surface area contributed by atoms with E-state index in [1.54, 1.807) is 4.90 Å². The minimum Gasteiger partial charge on any atom is -0.406 e. The molecule has 0 aromatic heterocycles. The molecule has 6 nitrogen and oxygen atoms in total. The molecule has 2 atom stereocenters. The lowest BCUT2D eigenvalue weighted by molar-refractivity contribution is -0.274. The van der Waals surface area contributed by atoms with Crippen LogP contribution in [0.4, 0.5) is 18.9 Å². The zero-order chi connectivity index (χ0) is 21.4. The van der Waals surface area contributed by atoms with Gasteiger partial charge in [-0.15, -0.1) is 13.2 Å². The zero-order valence-electron chi connectivity index (χ0n) is 15.8. The van der Waals surface area contributed by atoms with E-state index in [-0.39, 0.29) is 34.3 Å². The number of hydrogen-bond acceptors (Lipinski definition) is 5. The SMILES string of the molecule is CCC(CC)C(=O)N=C1SC2CS(=O)(=O)CC2N1c1ccc(OC(F)(F)F)cc1. The normalized spacial score (nSPS) is 24.9. The van der Waals surface area contributed by atoms with Crippen molar-refractivity contribution in [2.45, 2.75) is 44.3 Å². The van der Waals surface area contributed by atoms with E-state index in [9.17, 15) is 26.4 Å². The summed E-state index contributed by atoms with van der Waals surface area (Å²) >= 11 is 1.23. The fraction of sp³-hybridized carbons (Fsp3) is 0.556. The van der Waals surface area contributed by atoms with Gasteiger partial charge >= 0.3 is 6.36 Å². The fourth-order valence-corrected chi connectivity index (χ4v) is 7.42. The average molecular weight is 451 g/mol. The number of anilines is 1. The second-order valence-corrected chi connectivity index (χ2v) is 10.3. The number of nitrogens with zero attached hydrogens (tertiary/aromatic N) is 2. The van der Waals surface area contributed by atoms with E-state index < -0.39 is 22.2 Å². The summed E-state index contributed by atoms with van der Waals surface area (Å²) in [6.07, 6.45) is -3.52. The Labute approximate surface area is 171 Å². The van der Waals surface area contributed by atoms with Crippen molar-refractivity contribution in [3.63, 3.8) is 0 Å². The Hall–Kier alpha value is -1.75. The number of carbonyl (C=O) groups is 1. The van der Waals surface area contributed by atoms with Gasteiger partial charge in [-0.25, -0.2) is 8.42 Å². The number of hydrogen-bond donors (Lipinski definition) is 0. The number of fused-ring (bicyclic) bond motifs is 1. The molecule has 2 unspecified atom stereocenters. The molecule has 0 radical (unpaired) electrons. The van der Waals surface area contributed by atoms with Gasteiger partial charge in [0.05, 0.1) is 17.5 Å². The summed E-state index contributed by atoms with van der Waals surface area (Å²) < 4.78 is 65.2. The van der Waals surface area contributed by atoms with Crippen LogP contribution in [0.1, 0.15) is 26.7 Å². The number of ether oxygens (including phenoxy) is 1. The standard InChI is InChI=1S/C18H21F3N2O4S2/c1-3-11(4-2)16(24)22-17-23(14-9-29(25,26)10-15(14)28-17)12-5-7-13(8-6-12)27-18(19,20)21/h5-8,11,14-15H,3-4,9-10H2,1-2H3. The highest BCUT2D eigenvalue weighted by atomic mass is 32.2. The van der Waals surface area contributed by atoms with Crippen LogP contribution in [0.5, 0.6) is 5.75 Å². The van der Waals surface area contributed by atoms with Gasteiger partial charge in [0.1, 0.15) is 5.75 Å². The largest absolute Gasteiger partial charge is 0.573 e. The molecule has 0 bridgehead atoms. The maximum Gasteiger partial charge on any atom is 0.573 e. The summed E-state index contributed by atoms with van der Waals surface area (Å²) in [6.45, 7) is 3.79. The highest BCUT2D eigenvalue weighted by Crippen LogP contribution is 2.41. The van der Waals surface area contributed by atoms with Gasteiger partial charge < -0.3 is 9.64 Å². The first kappa shape index (κ1) is 21.9. The molecular formula is C18H21F3N2O4S2. The predicted molar refractivity (Wildman–Crippen MR) is 106 cm³/mol. The van der Waals surface area contributed by atoms with Gasteiger partial charge in [0, 0.05) is 16.9 Å². The van der Waals surface area contributed by atoms with Crippen LogP contribution in [0.25, 0.3) is 0 Å². The highest BCUT2D eigenvalue weighted by molar-refractivity contribution is 8.16. The van der Waals surface area contributed by atoms with Gasteiger partial charge in [-0.3, -0.25) is 4.79 Å². The summed E-state index contributed by atoms with van der Waals surface area (Å²) in [5.41, 5.74) is 0.465. The van der Waals surface area contributed by atoms with Gasteiger partial charge in [-0.1, -0.05) is 25.6 Å². The topological polar surface area (TPSA) is 76.0 Å². The number of amidine groups is 1. The summed E-state index contributed by atoms with van der Waals surface area (Å²) in [5.74, 6) is -0.995. The van der Waals surface area contributed by atoms with Crippen LogP contribution < -0.4 is 9.64 Å². The molecule has 0 saturated carbocycles. The molecule has 3 rings (SSSR count). The van der Waals surface area contributed by atoms with Gasteiger partial charge in [-0.05, 0) is 37.1 Å². The second kappa shape index (κ2) is 8.17. The Morgan fingerprint density at radius 1 is 1.24 bits per heavy atom. The van der Waals surface area contributed by atoms with Crippen LogP contribution in [-0.4, -0.2) is 48.7 Å². The van der Waals surface area contributed by atoms with Crippen LogP contribution >= 0.6 is 11.8 Å². The lowest BCUT2D eigenvalue weighted by Gasteiger charge is -2.25. The van der Waals surface area contributed by atoms with Crippen LogP contribution in [0.2, 0.25) is 0 Å². The van der Waals surface area contributed by atoms with Gasteiger partial charge in [0.2, 0.25) is 0 Å². The molecule has 2 fully saturated rings. The molecule has 160 valence electrons. The van der Waals surface area contributed by atoms with Crippen molar-refractivity contribution in [2.75, 3.05) is 16.4 Å². The predicted octanol–water partition coefficient (Wildman–Crippen LogP) is 3.62. The van der Waals surface area contributed by atoms with Gasteiger partial charge in [-0.2, -0.15) is 4.99 Å².